The van der Waals surface area contributed by atoms with E-state index in [1.807, 2.05) is 0 Å². The van der Waals surface area contributed by atoms with Gasteiger partial charge in [0.1, 0.15) is 28.2 Å². The highest BCUT2D eigenvalue weighted by Gasteiger charge is 2.20. The van der Waals surface area contributed by atoms with E-state index in [9.17, 15) is 13.7 Å². The van der Waals surface area contributed by atoms with E-state index in [1.54, 1.807) is 48.5 Å². The summed E-state index contributed by atoms with van der Waals surface area (Å²) in [5.41, 5.74) is 0.950. The lowest BCUT2D eigenvalue weighted by Crippen LogP contribution is -2.07. The molecule has 0 unspecified atom stereocenters. The van der Waals surface area contributed by atoms with E-state index in [0.29, 0.717) is 28.4 Å². The van der Waals surface area contributed by atoms with Gasteiger partial charge in [0.2, 0.25) is 0 Å². The lowest BCUT2D eigenvalue weighted by molar-refractivity contribution is 0.392. The van der Waals surface area contributed by atoms with E-state index in [0.717, 1.165) is 0 Å². The molecule has 6 nitrogen and oxygen atoms in total. The summed E-state index contributed by atoms with van der Waals surface area (Å²) in [6.07, 6.45) is 1.27. The number of sulfone groups is 1. The first-order chi connectivity index (χ1) is 12.4. The molecular formula is C19H19NO5S. The molecule has 0 radical (unpaired) electrons. The second-order valence-electron chi connectivity index (χ2n) is 5.30. The number of rotatable bonds is 7. The van der Waals surface area contributed by atoms with E-state index >= 15 is 0 Å². The number of hydrogen-bond acceptors (Lipinski definition) is 6. The largest absolute Gasteiger partial charge is 0.497 e. The summed E-state index contributed by atoms with van der Waals surface area (Å²) in [5.74, 6) is 1.16. The molecule has 0 spiro atoms. The fourth-order valence-corrected chi connectivity index (χ4v) is 3.59. The SMILES string of the molecule is COc1ccc(CS(=O)(=O)/C(C#N)=C/c2c(OC)cccc2OC)cc1. The average Bonchev–Trinajstić information content (AvgIpc) is 2.65. The first kappa shape index (κ1) is 19.3. The highest BCUT2D eigenvalue weighted by molar-refractivity contribution is 7.95. The average molecular weight is 373 g/mol. The van der Waals surface area contributed by atoms with E-state index < -0.39 is 9.84 Å². The maximum absolute atomic E-state index is 12.7. The first-order valence-corrected chi connectivity index (χ1v) is 9.29. The number of nitriles is 1. The Hall–Kier alpha value is -2.98. The van der Waals surface area contributed by atoms with Gasteiger partial charge in [-0.15, -0.1) is 0 Å². The van der Waals surface area contributed by atoms with Crippen LogP contribution in [0.5, 0.6) is 17.2 Å². The maximum atomic E-state index is 12.7. The lowest BCUT2D eigenvalue weighted by atomic mass is 10.1. The Morgan fingerprint density at radius 3 is 2.04 bits per heavy atom. The fraction of sp³-hybridized carbons (Fsp3) is 0.211. The summed E-state index contributed by atoms with van der Waals surface area (Å²) in [6.45, 7) is 0. The second kappa shape index (κ2) is 8.41. The Labute approximate surface area is 153 Å². The molecule has 0 fully saturated rings. The molecule has 2 aromatic rings. The standard InChI is InChI=1S/C19H19NO5S/c1-23-15-9-7-14(8-10-15)13-26(21,22)16(12-20)11-17-18(24-2)5-4-6-19(17)25-3/h4-11H,13H2,1-3H3/b16-11+. The summed E-state index contributed by atoms with van der Waals surface area (Å²) >= 11 is 0. The minimum atomic E-state index is -3.85. The quantitative estimate of drug-likeness (QED) is 0.693. The number of hydrogen-bond donors (Lipinski definition) is 0. The minimum absolute atomic E-state index is 0.298. The van der Waals surface area contributed by atoms with Gasteiger partial charge in [0.05, 0.1) is 32.6 Å². The molecule has 136 valence electrons. The van der Waals surface area contributed by atoms with Crippen molar-refractivity contribution < 1.29 is 22.6 Å². The molecule has 0 heterocycles. The Morgan fingerprint density at radius 2 is 1.58 bits per heavy atom. The smallest absolute Gasteiger partial charge is 0.192 e. The molecule has 0 N–H and O–H groups in total. The zero-order chi connectivity index (χ0) is 19.2. The number of nitrogens with zero attached hydrogens (tertiary/aromatic N) is 1. The van der Waals surface area contributed by atoms with E-state index in [-0.39, 0.29) is 10.7 Å². The van der Waals surface area contributed by atoms with Crippen LogP contribution in [0.3, 0.4) is 0 Å². The molecular weight excluding hydrogens is 354 g/mol. The molecule has 2 aromatic carbocycles. The second-order valence-corrected chi connectivity index (χ2v) is 7.26. The molecule has 2 rings (SSSR count). The van der Waals surface area contributed by atoms with Crippen molar-refractivity contribution in [3.63, 3.8) is 0 Å². The predicted molar refractivity (Wildman–Crippen MR) is 98.8 cm³/mol. The molecule has 7 heteroatoms. The summed E-state index contributed by atoms with van der Waals surface area (Å²) in [6, 6.07) is 13.5. The van der Waals surface area contributed by atoms with Crippen molar-refractivity contribution in [2.24, 2.45) is 0 Å². The summed E-state index contributed by atoms with van der Waals surface area (Å²) in [4.78, 5) is -0.365. The zero-order valence-corrected chi connectivity index (χ0v) is 15.5. The first-order valence-electron chi connectivity index (χ1n) is 7.63. The van der Waals surface area contributed by atoms with Crippen molar-refractivity contribution in [1.82, 2.24) is 0 Å². The van der Waals surface area contributed by atoms with Crippen LogP contribution >= 0.6 is 0 Å². The van der Waals surface area contributed by atoms with Gasteiger partial charge in [0.15, 0.2) is 9.84 Å². The molecule has 26 heavy (non-hydrogen) atoms. The van der Waals surface area contributed by atoms with Crippen LogP contribution in [0.1, 0.15) is 11.1 Å². The van der Waals surface area contributed by atoms with E-state index in [1.165, 1.54) is 27.4 Å². The van der Waals surface area contributed by atoms with Crippen LogP contribution in [0.2, 0.25) is 0 Å². The molecule has 0 amide bonds. The van der Waals surface area contributed by atoms with Gasteiger partial charge in [0.25, 0.3) is 0 Å². The van der Waals surface area contributed by atoms with Crippen LogP contribution in [-0.2, 0) is 15.6 Å². The van der Waals surface area contributed by atoms with Crippen molar-refractivity contribution in [3.05, 3.63) is 58.5 Å². The third-order valence-corrected chi connectivity index (χ3v) is 5.30. The molecule has 0 bridgehead atoms. The van der Waals surface area contributed by atoms with Crippen LogP contribution in [0, 0.1) is 11.3 Å². The molecule has 0 aliphatic heterocycles. The highest BCUT2D eigenvalue weighted by Crippen LogP contribution is 2.31. The van der Waals surface area contributed by atoms with Gasteiger partial charge in [0, 0.05) is 0 Å². The predicted octanol–water partition coefficient (Wildman–Crippen LogP) is 3.19. The van der Waals surface area contributed by atoms with Gasteiger partial charge in [-0.05, 0) is 35.9 Å². The van der Waals surface area contributed by atoms with Crippen molar-refractivity contribution >= 4 is 15.9 Å². The fourth-order valence-electron chi connectivity index (χ4n) is 2.36. The van der Waals surface area contributed by atoms with Crippen LogP contribution in [0.4, 0.5) is 0 Å². The van der Waals surface area contributed by atoms with Crippen molar-refractivity contribution in [3.8, 4) is 23.3 Å². The van der Waals surface area contributed by atoms with Crippen molar-refractivity contribution in [1.29, 1.82) is 5.26 Å². The number of benzene rings is 2. The molecule has 0 saturated carbocycles. The Kier molecular flexibility index (Phi) is 6.26. The van der Waals surface area contributed by atoms with Gasteiger partial charge in [-0.3, -0.25) is 0 Å². The molecule has 0 aliphatic carbocycles. The molecule has 0 saturated heterocycles. The topological polar surface area (TPSA) is 85.6 Å². The van der Waals surface area contributed by atoms with Gasteiger partial charge in [-0.25, -0.2) is 8.42 Å². The van der Waals surface area contributed by atoms with Gasteiger partial charge in [-0.1, -0.05) is 18.2 Å². The molecule has 0 aliphatic rings. The third-order valence-electron chi connectivity index (χ3n) is 3.70. The zero-order valence-electron chi connectivity index (χ0n) is 14.7. The summed E-state index contributed by atoms with van der Waals surface area (Å²) in [5, 5.41) is 9.41. The van der Waals surface area contributed by atoms with Gasteiger partial charge < -0.3 is 14.2 Å². The lowest BCUT2D eigenvalue weighted by Gasteiger charge is -2.11. The number of methoxy groups -OCH3 is 3. The van der Waals surface area contributed by atoms with Crippen LogP contribution in [-0.4, -0.2) is 29.7 Å². The third kappa shape index (κ3) is 4.35. The molecule has 0 aromatic heterocycles. The Balaban J connectivity index is 2.43. The minimum Gasteiger partial charge on any atom is -0.497 e. The Bertz CT molecular complexity index is 919. The Morgan fingerprint density at radius 1 is 1.00 bits per heavy atom. The van der Waals surface area contributed by atoms with Crippen LogP contribution in [0.15, 0.2) is 47.4 Å². The molecule has 0 atom stereocenters. The van der Waals surface area contributed by atoms with Gasteiger partial charge >= 0.3 is 0 Å². The van der Waals surface area contributed by atoms with Crippen molar-refractivity contribution in [2.75, 3.05) is 21.3 Å². The van der Waals surface area contributed by atoms with E-state index in [4.69, 9.17) is 14.2 Å². The number of ether oxygens (including phenoxy) is 3. The maximum Gasteiger partial charge on any atom is 0.192 e. The normalized spacial score (nSPS) is 11.5. The van der Waals surface area contributed by atoms with Gasteiger partial charge in [-0.2, -0.15) is 5.26 Å². The van der Waals surface area contributed by atoms with Crippen LogP contribution < -0.4 is 14.2 Å². The van der Waals surface area contributed by atoms with Crippen LogP contribution in [0.25, 0.3) is 6.08 Å². The van der Waals surface area contributed by atoms with E-state index in [2.05, 4.69) is 0 Å². The highest BCUT2D eigenvalue weighted by atomic mass is 32.2. The van der Waals surface area contributed by atoms with Crippen molar-refractivity contribution in [2.45, 2.75) is 5.75 Å². The summed E-state index contributed by atoms with van der Waals surface area (Å²) < 4.78 is 40.9. The monoisotopic (exact) mass is 373 g/mol. The number of allylic oxidation sites excluding steroid dienone is 1. The summed E-state index contributed by atoms with van der Waals surface area (Å²) in [7, 11) is 0.610.